The first-order valence-electron chi connectivity index (χ1n) is 10.9. The topological polar surface area (TPSA) is 118 Å². The summed E-state index contributed by atoms with van der Waals surface area (Å²) in [6.07, 6.45) is 3.36. The Balaban J connectivity index is 1.26. The highest BCUT2D eigenvalue weighted by molar-refractivity contribution is 5.95. The first-order chi connectivity index (χ1) is 17.1. The number of halogens is 1. The summed E-state index contributed by atoms with van der Waals surface area (Å²) in [5.41, 5.74) is 2.57. The molecule has 3 heterocycles. The number of carbonyl (C=O) groups is 1. The Morgan fingerprint density at radius 3 is 2.97 bits per heavy atom. The van der Waals surface area contributed by atoms with Crippen LogP contribution in [-0.2, 0) is 19.6 Å². The number of nitrogens with one attached hydrogen (secondary N) is 2. The Morgan fingerprint density at radius 1 is 1.17 bits per heavy atom. The molecule has 0 fully saturated rings. The Hall–Kier alpha value is -4.78. The molecule has 0 atom stereocenters. The van der Waals surface area contributed by atoms with Gasteiger partial charge in [0.15, 0.2) is 11.6 Å². The molecule has 0 spiro atoms. The van der Waals surface area contributed by atoms with E-state index in [9.17, 15) is 9.18 Å². The monoisotopic (exact) mass is 469 g/mol. The fourth-order valence-electron chi connectivity index (χ4n) is 3.84. The van der Waals surface area contributed by atoms with Gasteiger partial charge in [0.2, 0.25) is 0 Å². The third-order valence-corrected chi connectivity index (χ3v) is 5.61. The molecule has 1 aliphatic rings. The van der Waals surface area contributed by atoms with Gasteiger partial charge in [-0.3, -0.25) is 9.78 Å². The van der Waals surface area contributed by atoms with E-state index in [1.807, 2.05) is 22.8 Å². The predicted octanol–water partition coefficient (Wildman–Crippen LogP) is 3.29. The quantitative estimate of drug-likeness (QED) is 0.445. The Morgan fingerprint density at radius 2 is 2.09 bits per heavy atom. The Labute approximate surface area is 200 Å². The molecule has 9 nitrogen and oxygen atoms in total. The summed E-state index contributed by atoms with van der Waals surface area (Å²) in [7, 11) is 0. The molecule has 0 unspecified atom stereocenters. The highest BCUT2D eigenvalue weighted by Crippen LogP contribution is 2.30. The fourth-order valence-corrected chi connectivity index (χ4v) is 3.84. The van der Waals surface area contributed by atoms with Crippen LogP contribution in [-0.4, -0.2) is 32.3 Å². The van der Waals surface area contributed by atoms with Gasteiger partial charge in [-0.1, -0.05) is 6.07 Å². The second-order valence-corrected chi connectivity index (χ2v) is 7.85. The largest absolute Gasteiger partial charge is 0.489 e. The average molecular weight is 469 g/mol. The standard InChI is InChI=1S/C25H20FN7O2/c26-21-5-4-16(12-27)10-18(21)13-30-25(34)17-2-1-3-19(11-17)29-15-23-31-32-24-20-6-7-28-14-22(20)35-9-8-33(23)24/h1-7,10-11,14,29H,8-9,13,15H2,(H,30,34). The van der Waals surface area contributed by atoms with Crippen molar-refractivity contribution in [2.45, 2.75) is 19.6 Å². The summed E-state index contributed by atoms with van der Waals surface area (Å²) in [4.78, 5) is 16.7. The first-order valence-corrected chi connectivity index (χ1v) is 10.9. The number of pyridine rings is 1. The lowest BCUT2D eigenvalue weighted by Crippen LogP contribution is -2.23. The van der Waals surface area contributed by atoms with Gasteiger partial charge in [0.25, 0.3) is 5.91 Å². The van der Waals surface area contributed by atoms with E-state index >= 15 is 0 Å². The molecule has 0 saturated heterocycles. The summed E-state index contributed by atoms with van der Waals surface area (Å²) in [5.74, 6) is 1.30. The number of benzene rings is 2. The Kier molecular flexibility index (Phi) is 6.05. The SMILES string of the molecule is N#Cc1ccc(F)c(CNC(=O)c2cccc(NCc3nnc4n3CCOc3cnccc3-4)c2)c1. The van der Waals surface area contributed by atoms with Crippen molar-refractivity contribution in [1.29, 1.82) is 5.26 Å². The maximum absolute atomic E-state index is 14.0. The summed E-state index contributed by atoms with van der Waals surface area (Å²) < 4.78 is 21.8. The molecule has 1 amide bonds. The maximum Gasteiger partial charge on any atom is 0.251 e. The number of ether oxygens (including phenoxy) is 1. The molecular formula is C25H20FN7O2. The van der Waals surface area contributed by atoms with E-state index in [0.717, 1.165) is 22.9 Å². The molecule has 2 aromatic carbocycles. The molecule has 1 aliphatic heterocycles. The van der Waals surface area contributed by atoms with Crippen molar-refractivity contribution in [3.8, 4) is 23.2 Å². The average Bonchev–Trinajstić information content (AvgIpc) is 3.20. The summed E-state index contributed by atoms with van der Waals surface area (Å²) in [6.45, 7) is 1.44. The zero-order chi connectivity index (χ0) is 24.2. The van der Waals surface area contributed by atoms with Crippen LogP contribution in [0.1, 0.15) is 27.3 Å². The van der Waals surface area contributed by atoms with Crippen LogP contribution in [0.4, 0.5) is 10.1 Å². The molecule has 174 valence electrons. The molecule has 0 bridgehead atoms. The summed E-state index contributed by atoms with van der Waals surface area (Å²) in [6, 6.07) is 14.8. The molecular weight excluding hydrogens is 449 g/mol. The van der Waals surface area contributed by atoms with E-state index in [1.54, 1.807) is 30.6 Å². The van der Waals surface area contributed by atoms with Crippen molar-refractivity contribution >= 4 is 11.6 Å². The normalized spacial score (nSPS) is 11.9. The van der Waals surface area contributed by atoms with E-state index in [4.69, 9.17) is 10.00 Å². The molecule has 2 N–H and O–H groups in total. The van der Waals surface area contributed by atoms with Gasteiger partial charge in [-0.05, 0) is 42.5 Å². The number of hydrogen-bond acceptors (Lipinski definition) is 7. The fraction of sp³-hybridized carbons (Fsp3) is 0.160. The van der Waals surface area contributed by atoms with Crippen molar-refractivity contribution in [2.24, 2.45) is 0 Å². The highest BCUT2D eigenvalue weighted by atomic mass is 19.1. The predicted molar refractivity (Wildman–Crippen MR) is 125 cm³/mol. The van der Waals surface area contributed by atoms with Crippen LogP contribution in [0.15, 0.2) is 60.9 Å². The van der Waals surface area contributed by atoms with Crippen molar-refractivity contribution in [2.75, 3.05) is 11.9 Å². The number of hydrogen-bond donors (Lipinski definition) is 2. The number of nitrogens with zero attached hydrogens (tertiary/aromatic N) is 5. The van der Waals surface area contributed by atoms with Gasteiger partial charge >= 0.3 is 0 Å². The molecule has 5 rings (SSSR count). The van der Waals surface area contributed by atoms with Crippen molar-refractivity contribution in [3.05, 3.63) is 89.3 Å². The minimum absolute atomic E-state index is 0.0250. The van der Waals surface area contributed by atoms with E-state index in [0.29, 0.717) is 36.6 Å². The lowest BCUT2D eigenvalue weighted by molar-refractivity contribution is 0.0950. The van der Waals surface area contributed by atoms with Gasteiger partial charge in [-0.25, -0.2) is 4.39 Å². The van der Waals surface area contributed by atoms with Crippen LogP contribution >= 0.6 is 0 Å². The number of aromatic nitrogens is 4. The van der Waals surface area contributed by atoms with E-state index in [1.165, 1.54) is 18.2 Å². The second-order valence-electron chi connectivity index (χ2n) is 7.85. The minimum atomic E-state index is -0.476. The number of anilines is 1. The number of amides is 1. The van der Waals surface area contributed by atoms with Gasteiger partial charge in [-0.2, -0.15) is 5.26 Å². The third-order valence-electron chi connectivity index (χ3n) is 5.61. The molecule has 0 saturated carbocycles. The lowest BCUT2D eigenvalue weighted by Gasteiger charge is -2.11. The zero-order valence-corrected chi connectivity index (χ0v) is 18.5. The van der Waals surface area contributed by atoms with Crippen LogP contribution in [0.2, 0.25) is 0 Å². The van der Waals surface area contributed by atoms with Crippen molar-refractivity contribution in [1.82, 2.24) is 25.1 Å². The van der Waals surface area contributed by atoms with Crippen LogP contribution in [0, 0.1) is 17.1 Å². The molecule has 2 aromatic heterocycles. The van der Waals surface area contributed by atoms with Gasteiger partial charge in [0.05, 0.1) is 36.5 Å². The van der Waals surface area contributed by atoms with Crippen LogP contribution in [0.3, 0.4) is 0 Å². The zero-order valence-electron chi connectivity index (χ0n) is 18.5. The van der Waals surface area contributed by atoms with Gasteiger partial charge in [0.1, 0.15) is 18.2 Å². The van der Waals surface area contributed by atoms with Crippen LogP contribution in [0.25, 0.3) is 11.4 Å². The first kappa shape index (κ1) is 22.0. The maximum atomic E-state index is 14.0. The molecule has 4 aromatic rings. The van der Waals surface area contributed by atoms with Crippen molar-refractivity contribution in [3.63, 3.8) is 0 Å². The van der Waals surface area contributed by atoms with Gasteiger partial charge < -0.3 is 19.9 Å². The van der Waals surface area contributed by atoms with E-state index in [2.05, 4.69) is 25.8 Å². The molecule has 35 heavy (non-hydrogen) atoms. The number of nitriles is 1. The number of rotatable bonds is 6. The highest BCUT2D eigenvalue weighted by Gasteiger charge is 2.20. The number of carbonyl (C=O) groups excluding carboxylic acids is 1. The van der Waals surface area contributed by atoms with Gasteiger partial charge in [0, 0.05) is 29.6 Å². The lowest BCUT2D eigenvalue weighted by atomic mass is 10.1. The smallest absolute Gasteiger partial charge is 0.251 e. The van der Waals surface area contributed by atoms with Crippen molar-refractivity contribution < 1.29 is 13.9 Å². The number of fused-ring (bicyclic) bond motifs is 3. The summed E-state index contributed by atoms with van der Waals surface area (Å²) in [5, 5.41) is 23.6. The summed E-state index contributed by atoms with van der Waals surface area (Å²) >= 11 is 0. The van der Waals surface area contributed by atoms with E-state index < -0.39 is 5.82 Å². The molecule has 0 aliphatic carbocycles. The second kappa shape index (κ2) is 9.61. The minimum Gasteiger partial charge on any atom is -0.489 e. The molecule has 10 heteroatoms. The van der Waals surface area contributed by atoms with Crippen LogP contribution in [0.5, 0.6) is 5.75 Å². The van der Waals surface area contributed by atoms with Crippen LogP contribution < -0.4 is 15.4 Å². The molecule has 0 radical (unpaired) electrons. The van der Waals surface area contributed by atoms with E-state index in [-0.39, 0.29) is 18.0 Å². The third kappa shape index (κ3) is 4.65. The van der Waals surface area contributed by atoms with Gasteiger partial charge in [-0.15, -0.1) is 10.2 Å². The Bertz CT molecular complexity index is 1440.